The second kappa shape index (κ2) is 8.09. The fraction of sp³-hybridized carbons (Fsp3) is 0.409. The number of ether oxygens (including phenoxy) is 1. The van der Waals surface area contributed by atoms with Crippen LogP contribution in [0.5, 0.6) is 0 Å². The maximum Gasteiger partial charge on any atom is 0.230 e. The van der Waals surface area contributed by atoms with E-state index in [9.17, 15) is 9.18 Å². The van der Waals surface area contributed by atoms with Crippen molar-refractivity contribution in [2.75, 3.05) is 31.2 Å². The molecule has 1 aliphatic heterocycles. The molecule has 3 rings (SSSR count). The van der Waals surface area contributed by atoms with Crippen LogP contribution in [0.1, 0.15) is 37.9 Å². The number of anilines is 1. The Morgan fingerprint density at radius 3 is 2.26 bits per heavy atom. The second-order valence-corrected chi connectivity index (χ2v) is 7.52. The third-order valence-corrected chi connectivity index (χ3v) is 5.25. The zero-order valence-electron chi connectivity index (χ0n) is 16.2. The van der Waals surface area contributed by atoms with Gasteiger partial charge in [0.2, 0.25) is 5.91 Å². The first-order chi connectivity index (χ1) is 12.9. The highest BCUT2D eigenvalue weighted by Crippen LogP contribution is 2.26. The van der Waals surface area contributed by atoms with Gasteiger partial charge in [-0.2, -0.15) is 0 Å². The molecule has 144 valence electrons. The zero-order chi connectivity index (χ0) is 19.4. The molecule has 0 unspecified atom stereocenters. The van der Waals surface area contributed by atoms with Gasteiger partial charge in [0, 0.05) is 18.8 Å². The maximum absolute atomic E-state index is 13.2. The predicted molar refractivity (Wildman–Crippen MR) is 105 cm³/mol. The molecule has 0 saturated carbocycles. The minimum absolute atomic E-state index is 0.0844. The Labute approximate surface area is 160 Å². The molecular formula is C22H27FN2O2. The summed E-state index contributed by atoms with van der Waals surface area (Å²) in [6.07, 6.45) is 0. The summed E-state index contributed by atoms with van der Waals surface area (Å²) in [4.78, 5) is 15.1. The van der Waals surface area contributed by atoms with Gasteiger partial charge in [0.15, 0.2) is 0 Å². The molecule has 0 aliphatic carbocycles. The summed E-state index contributed by atoms with van der Waals surface area (Å²) in [6.45, 7) is 8.99. The van der Waals surface area contributed by atoms with E-state index in [0.29, 0.717) is 0 Å². The Balaban J connectivity index is 1.66. The first kappa shape index (κ1) is 19.4. The highest BCUT2D eigenvalue weighted by molar-refractivity contribution is 5.87. The number of benzene rings is 2. The molecule has 27 heavy (non-hydrogen) atoms. The summed E-state index contributed by atoms with van der Waals surface area (Å²) < 4.78 is 18.6. The monoisotopic (exact) mass is 370 g/mol. The summed E-state index contributed by atoms with van der Waals surface area (Å²) in [5.74, 6) is -0.387. The van der Waals surface area contributed by atoms with Crippen LogP contribution in [0.2, 0.25) is 0 Å². The Bertz CT molecular complexity index is 766. The van der Waals surface area contributed by atoms with Gasteiger partial charge < -0.3 is 15.0 Å². The van der Waals surface area contributed by atoms with Crippen molar-refractivity contribution in [3.05, 3.63) is 65.5 Å². The first-order valence-corrected chi connectivity index (χ1v) is 9.37. The van der Waals surface area contributed by atoms with Gasteiger partial charge in [0.1, 0.15) is 5.82 Å². The fourth-order valence-electron chi connectivity index (χ4n) is 3.25. The lowest BCUT2D eigenvalue weighted by atomic mass is 9.83. The van der Waals surface area contributed by atoms with Crippen LogP contribution in [0.3, 0.4) is 0 Å². The molecule has 5 heteroatoms. The maximum atomic E-state index is 13.2. The van der Waals surface area contributed by atoms with Gasteiger partial charge in [-0.3, -0.25) is 4.79 Å². The molecule has 2 aromatic rings. The lowest BCUT2D eigenvalue weighted by Gasteiger charge is -2.29. The molecular weight excluding hydrogens is 343 g/mol. The fourth-order valence-corrected chi connectivity index (χ4v) is 3.25. The summed E-state index contributed by atoms with van der Waals surface area (Å²) in [5.41, 5.74) is 2.27. The summed E-state index contributed by atoms with van der Waals surface area (Å²) in [7, 11) is 0. The molecule has 0 bridgehead atoms. The van der Waals surface area contributed by atoms with Crippen LogP contribution in [-0.4, -0.2) is 32.2 Å². The average Bonchev–Trinajstić information content (AvgIpc) is 2.69. The zero-order valence-corrected chi connectivity index (χ0v) is 16.2. The quantitative estimate of drug-likeness (QED) is 0.870. The van der Waals surface area contributed by atoms with Crippen LogP contribution in [0, 0.1) is 5.82 Å². The van der Waals surface area contributed by atoms with E-state index in [1.807, 2.05) is 20.8 Å². The van der Waals surface area contributed by atoms with Crippen LogP contribution in [0.15, 0.2) is 48.5 Å². The van der Waals surface area contributed by atoms with E-state index in [0.717, 1.165) is 37.4 Å². The lowest BCUT2D eigenvalue weighted by Crippen LogP contribution is -2.41. The van der Waals surface area contributed by atoms with E-state index in [2.05, 4.69) is 34.5 Å². The van der Waals surface area contributed by atoms with Crippen molar-refractivity contribution in [2.45, 2.75) is 32.2 Å². The summed E-state index contributed by atoms with van der Waals surface area (Å²) in [5, 5.41) is 3.08. The van der Waals surface area contributed by atoms with Crippen molar-refractivity contribution >= 4 is 11.6 Å². The molecule has 1 fully saturated rings. The van der Waals surface area contributed by atoms with Gasteiger partial charge >= 0.3 is 0 Å². The largest absolute Gasteiger partial charge is 0.378 e. The smallest absolute Gasteiger partial charge is 0.230 e. The first-order valence-electron chi connectivity index (χ1n) is 9.37. The number of carbonyl (C=O) groups excluding carboxylic acids is 1. The van der Waals surface area contributed by atoms with E-state index < -0.39 is 5.41 Å². The van der Waals surface area contributed by atoms with Crippen LogP contribution in [0.25, 0.3) is 0 Å². The number of nitrogens with zero attached hydrogens (tertiary/aromatic N) is 1. The topological polar surface area (TPSA) is 41.6 Å². The number of carbonyl (C=O) groups is 1. The third kappa shape index (κ3) is 4.48. The number of nitrogens with one attached hydrogen (secondary N) is 1. The van der Waals surface area contributed by atoms with Crippen molar-refractivity contribution in [1.82, 2.24) is 5.32 Å². The standard InChI is InChI=1S/C22H27FN2O2/c1-16(17-4-10-20(11-5-17)25-12-14-27-15-13-25)24-21(26)22(2,3)18-6-8-19(23)9-7-18/h4-11,16H,12-15H2,1-3H3,(H,24,26)/t16-/m0/s1. The second-order valence-electron chi connectivity index (χ2n) is 7.52. The number of rotatable bonds is 5. The van der Waals surface area contributed by atoms with Gasteiger partial charge in [-0.25, -0.2) is 4.39 Å². The Morgan fingerprint density at radius 1 is 1.07 bits per heavy atom. The molecule has 1 aliphatic rings. The van der Waals surface area contributed by atoms with Crippen molar-refractivity contribution in [1.29, 1.82) is 0 Å². The van der Waals surface area contributed by atoms with E-state index in [1.54, 1.807) is 12.1 Å². The highest BCUT2D eigenvalue weighted by Gasteiger charge is 2.30. The average molecular weight is 370 g/mol. The predicted octanol–water partition coefficient (Wildman–Crippen LogP) is 3.82. The molecule has 1 saturated heterocycles. The Hall–Kier alpha value is -2.40. The van der Waals surface area contributed by atoms with Crippen LogP contribution >= 0.6 is 0 Å². The van der Waals surface area contributed by atoms with Gasteiger partial charge in [-0.05, 0) is 56.2 Å². The molecule has 2 aromatic carbocycles. The van der Waals surface area contributed by atoms with Crippen molar-refractivity contribution in [3.63, 3.8) is 0 Å². The molecule has 4 nitrogen and oxygen atoms in total. The number of halogens is 1. The summed E-state index contributed by atoms with van der Waals surface area (Å²) in [6, 6.07) is 14.3. The lowest BCUT2D eigenvalue weighted by molar-refractivity contribution is -0.126. The summed E-state index contributed by atoms with van der Waals surface area (Å²) >= 11 is 0. The normalized spacial score (nSPS) is 16.1. The third-order valence-electron chi connectivity index (χ3n) is 5.25. The molecule has 0 radical (unpaired) electrons. The van der Waals surface area contributed by atoms with Gasteiger partial charge in [0.05, 0.1) is 24.7 Å². The van der Waals surface area contributed by atoms with Gasteiger partial charge in [-0.15, -0.1) is 0 Å². The number of hydrogen-bond donors (Lipinski definition) is 1. The van der Waals surface area contributed by atoms with Crippen molar-refractivity contribution in [3.8, 4) is 0 Å². The molecule has 0 spiro atoms. The molecule has 1 heterocycles. The van der Waals surface area contributed by atoms with Gasteiger partial charge in [0.25, 0.3) is 0 Å². The van der Waals surface area contributed by atoms with E-state index in [1.165, 1.54) is 17.8 Å². The molecule has 0 aromatic heterocycles. The number of morpholine rings is 1. The van der Waals surface area contributed by atoms with Crippen molar-refractivity contribution in [2.24, 2.45) is 0 Å². The van der Waals surface area contributed by atoms with E-state index in [4.69, 9.17) is 4.74 Å². The molecule has 1 amide bonds. The minimum Gasteiger partial charge on any atom is -0.378 e. The Morgan fingerprint density at radius 2 is 1.67 bits per heavy atom. The highest BCUT2D eigenvalue weighted by atomic mass is 19.1. The van der Waals surface area contributed by atoms with Gasteiger partial charge in [-0.1, -0.05) is 24.3 Å². The number of amides is 1. The van der Waals surface area contributed by atoms with E-state index >= 15 is 0 Å². The Kier molecular flexibility index (Phi) is 5.80. The van der Waals surface area contributed by atoms with Crippen LogP contribution in [0.4, 0.5) is 10.1 Å². The SMILES string of the molecule is C[C@H](NC(=O)C(C)(C)c1ccc(F)cc1)c1ccc(N2CCOCC2)cc1. The number of hydrogen-bond acceptors (Lipinski definition) is 3. The minimum atomic E-state index is -0.740. The van der Waals surface area contributed by atoms with Crippen LogP contribution < -0.4 is 10.2 Å². The van der Waals surface area contributed by atoms with E-state index in [-0.39, 0.29) is 17.8 Å². The van der Waals surface area contributed by atoms with Crippen molar-refractivity contribution < 1.29 is 13.9 Å². The molecule has 1 atom stereocenters. The molecule has 1 N–H and O–H groups in total. The van der Waals surface area contributed by atoms with Crippen LogP contribution in [-0.2, 0) is 14.9 Å².